The van der Waals surface area contributed by atoms with Gasteiger partial charge in [0.25, 0.3) is 0 Å². The molecule has 2 N–H and O–H groups in total. The third kappa shape index (κ3) is 3.11. The van der Waals surface area contributed by atoms with Gasteiger partial charge in [-0.1, -0.05) is 0 Å². The number of hydrogen-bond donors (Lipinski definition) is 1. The molecule has 5 heteroatoms. The normalized spacial score (nSPS) is 13.3. The first-order chi connectivity index (χ1) is 9.52. The molecule has 0 aliphatic carbocycles. The average molecular weight is 276 g/mol. The van der Waals surface area contributed by atoms with Crippen LogP contribution in [-0.4, -0.2) is 28.0 Å². The van der Waals surface area contributed by atoms with Gasteiger partial charge in [0, 0.05) is 18.8 Å². The number of nitrogens with two attached hydrogens (primary N) is 1. The van der Waals surface area contributed by atoms with E-state index in [4.69, 9.17) is 10.2 Å². The molecule has 0 amide bonds. The van der Waals surface area contributed by atoms with Gasteiger partial charge in [-0.05, 0) is 40.0 Å². The van der Waals surface area contributed by atoms with E-state index in [1.807, 2.05) is 31.6 Å². The van der Waals surface area contributed by atoms with Crippen molar-refractivity contribution in [3.8, 4) is 0 Å². The number of rotatable bonds is 6. The van der Waals surface area contributed by atoms with Crippen LogP contribution in [0.4, 0.5) is 0 Å². The highest BCUT2D eigenvalue weighted by molar-refractivity contribution is 5.10. The summed E-state index contributed by atoms with van der Waals surface area (Å²) >= 11 is 0. The molecule has 110 valence electrons. The second-order valence-corrected chi connectivity index (χ2v) is 5.50. The van der Waals surface area contributed by atoms with E-state index < -0.39 is 0 Å². The zero-order valence-corrected chi connectivity index (χ0v) is 12.7. The zero-order chi connectivity index (χ0) is 14.7. The van der Waals surface area contributed by atoms with Crippen molar-refractivity contribution in [2.75, 3.05) is 13.6 Å². The number of nitrogens with zero attached hydrogens (tertiary/aromatic N) is 3. The summed E-state index contributed by atoms with van der Waals surface area (Å²) < 4.78 is 7.81. The molecule has 1 atom stereocenters. The molecule has 0 spiro atoms. The summed E-state index contributed by atoms with van der Waals surface area (Å²) in [7, 11) is 2.06. The molecule has 0 aromatic carbocycles. The highest BCUT2D eigenvalue weighted by atomic mass is 16.3. The van der Waals surface area contributed by atoms with Crippen LogP contribution in [0.25, 0.3) is 0 Å². The lowest BCUT2D eigenvalue weighted by atomic mass is 10.1. The third-order valence-corrected chi connectivity index (χ3v) is 3.55. The molecule has 1 unspecified atom stereocenters. The predicted octanol–water partition coefficient (Wildman–Crippen LogP) is 2.50. The van der Waals surface area contributed by atoms with Gasteiger partial charge in [-0.2, -0.15) is 0 Å². The number of aromatic nitrogens is 2. The second kappa shape index (κ2) is 6.24. The Hall–Kier alpha value is -1.59. The lowest BCUT2D eigenvalue weighted by Gasteiger charge is -2.28. The highest BCUT2D eigenvalue weighted by Gasteiger charge is 2.21. The van der Waals surface area contributed by atoms with Crippen LogP contribution in [0.15, 0.2) is 29.1 Å². The smallest absolute Gasteiger partial charge is 0.118 e. The van der Waals surface area contributed by atoms with E-state index in [9.17, 15) is 0 Å². The molecule has 0 bridgehead atoms. The van der Waals surface area contributed by atoms with Crippen LogP contribution in [0.2, 0.25) is 0 Å². The van der Waals surface area contributed by atoms with Gasteiger partial charge in [-0.25, -0.2) is 4.98 Å². The van der Waals surface area contributed by atoms with Crippen molar-refractivity contribution in [1.82, 2.24) is 14.5 Å². The quantitative estimate of drug-likeness (QED) is 0.880. The standard InChI is InChI=1S/C15H24N4O/c1-11(2)19-10-17-8-15(19)14(7-16)18(4)9-13-6-5-12(3)20-13/h5-6,8,10-11,14H,7,9,16H2,1-4H3. The number of hydrogen-bond acceptors (Lipinski definition) is 4. The van der Waals surface area contributed by atoms with E-state index in [1.54, 1.807) is 0 Å². The molecule has 2 aromatic heterocycles. The highest BCUT2D eigenvalue weighted by Crippen LogP contribution is 2.23. The van der Waals surface area contributed by atoms with Crippen LogP contribution in [0.1, 0.15) is 43.1 Å². The Morgan fingerprint density at radius 2 is 2.15 bits per heavy atom. The molecule has 20 heavy (non-hydrogen) atoms. The number of furan rings is 1. The second-order valence-electron chi connectivity index (χ2n) is 5.50. The fraction of sp³-hybridized carbons (Fsp3) is 0.533. The summed E-state index contributed by atoms with van der Waals surface area (Å²) in [6, 6.07) is 4.50. The summed E-state index contributed by atoms with van der Waals surface area (Å²) in [5, 5.41) is 0. The Morgan fingerprint density at radius 3 is 2.70 bits per heavy atom. The van der Waals surface area contributed by atoms with Crippen molar-refractivity contribution in [2.24, 2.45) is 5.73 Å². The summed E-state index contributed by atoms with van der Waals surface area (Å²) in [6.45, 7) is 7.54. The average Bonchev–Trinajstić information content (AvgIpc) is 3.00. The van der Waals surface area contributed by atoms with Crippen molar-refractivity contribution in [3.63, 3.8) is 0 Å². The summed E-state index contributed by atoms with van der Waals surface area (Å²) in [6.07, 6.45) is 3.77. The van der Waals surface area contributed by atoms with E-state index >= 15 is 0 Å². The molecule has 0 aliphatic heterocycles. The lowest BCUT2D eigenvalue weighted by molar-refractivity contribution is 0.212. The lowest BCUT2D eigenvalue weighted by Crippen LogP contribution is -2.32. The predicted molar refractivity (Wildman–Crippen MR) is 79.3 cm³/mol. The summed E-state index contributed by atoms with van der Waals surface area (Å²) in [5.41, 5.74) is 7.13. The van der Waals surface area contributed by atoms with Crippen LogP contribution in [-0.2, 0) is 6.54 Å². The maximum atomic E-state index is 5.98. The summed E-state index contributed by atoms with van der Waals surface area (Å²) in [5.74, 6) is 1.89. The molecule has 0 fully saturated rings. The van der Waals surface area contributed by atoms with Crippen LogP contribution in [0.3, 0.4) is 0 Å². The van der Waals surface area contributed by atoms with Crippen molar-refractivity contribution in [3.05, 3.63) is 41.9 Å². The van der Waals surface area contributed by atoms with Gasteiger partial charge in [0.05, 0.1) is 24.6 Å². The van der Waals surface area contributed by atoms with E-state index in [1.165, 1.54) is 0 Å². The van der Waals surface area contributed by atoms with Gasteiger partial charge in [0.1, 0.15) is 11.5 Å². The molecule has 0 aliphatic rings. The van der Waals surface area contributed by atoms with E-state index in [0.29, 0.717) is 12.6 Å². The molecular weight excluding hydrogens is 252 g/mol. The fourth-order valence-corrected chi connectivity index (χ4v) is 2.46. The van der Waals surface area contributed by atoms with Gasteiger partial charge >= 0.3 is 0 Å². The van der Waals surface area contributed by atoms with Crippen LogP contribution < -0.4 is 5.73 Å². The molecule has 2 heterocycles. The number of likely N-dealkylation sites (N-methyl/N-ethyl adjacent to an activating group) is 1. The Balaban J connectivity index is 2.16. The first-order valence-electron chi connectivity index (χ1n) is 7.00. The Morgan fingerprint density at radius 1 is 1.40 bits per heavy atom. The van der Waals surface area contributed by atoms with Gasteiger partial charge in [0.2, 0.25) is 0 Å². The molecule has 2 rings (SSSR count). The molecule has 5 nitrogen and oxygen atoms in total. The first-order valence-corrected chi connectivity index (χ1v) is 7.00. The van der Waals surface area contributed by atoms with E-state index in [0.717, 1.165) is 23.8 Å². The topological polar surface area (TPSA) is 60.2 Å². The maximum Gasteiger partial charge on any atom is 0.118 e. The Labute approximate surface area is 120 Å². The molecule has 0 saturated heterocycles. The number of aryl methyl sites for hydroxylation is 1. The summed E-state index contributed by atoms with van der Waals surface area (Å²) in [4.78, 5) is 6.47. The van der Waals surface area contributed by atoms with Gasteiger partial charge in [0.15, 0.2) is 0 Å². The minimum Gasteiger partial charge on any atom is -0.465 e. The van der Waals surface area contributed by atoms with Crippen molar-refractivity contribution < 1.29 is 4.42 Å². The number of imidazole rings is 1. The van der Waals surface area contributed by atoms with Gasteiger partial charge in [-0.3, -0.25) is 4.90 Å². The van der Waals surface area contributed by atoms with Crippen LogP contribution in [0.5, 0.6) is 0 Å². The Bertz CT molecular complexity index is 544. The molecule has 0 radical (unpaired) electrons. The van der Waals surface area contributed by atoms with Gasteiger partial charge < -0.3 is 14.7 Å². The first kappa shape index (κ1) is 14.8. The third-order valence-electron chi connectivity index (χ3n) is 3.55. The van der Waals surface area contributed by atoms with E-state index in [2.05, 4.69) is 35.3 Å². The monoisotopic (exact) mass is 276 g/mol. The van der Waals surface area contributed by atoms with E-state index in [-0.39, 0.29) is 6.04 Å². The zero-order valence-electron chi connectivity index (χ0n) is 12.7. The van der Waals surface area contributed by atoms with Crippen molar-refractivity contribution in [2.45, 2.75) is 39.4 Å². The van der Waals surface area contributed by atoms with Crippen LogP contribution >= 0.6 is 0 Å². The molecule has 0 saturated carbocycles. The fourth-order valence-electron chi connectivity index (χ4n) is 2.46. The maximum absolute atomic E-state index is 5.98. The van der Waals surface area contributed by atoms with Crippen LogP contribution in [0, 0.1) is 6.92 Å². The van der Waals surface area contributed by atoms with Crippen molar-refractivity contribution in [1.29, 1.82) is 0 Å². The largest absolute Gasteiger partial charge is 0.465 e. The molecule has 2 aromatic rings. The van der Waals surface area contributed by atoms with Gasteiger partial charge in [-0.15, -0.1) is 0 Å². The Kier molecular flexibility index (Phi) is 4.62. The molecular formula is C15H24N4O. The minimum atomic E-state index is 0.130. The SMILES string of the molecule is Cc1ccc(CN(C)C(CN)c2cncn2C(C)C)o1. The minimum absolute atomic E-state index is 0.130. The van der Waals surface area contributed by atoms with Crippen molar-refractivity contribution >= 4 is 0 Å².